The number of aryl methyl sites for hydroxylation is 4. The van der Waals surface area contributed by atoms with Gasteiger partial charge in [0.25, 0.3) is 10.0 Å². The molecule has 0 atom stereocenters. The van der Waals surface area contributed by atoms with Crippen LogP contribution in [-0.2, 0) is 20.0 Å². The number of nitrogens with one attached hydrogen (secondary N) is 2. The van der Waals surface area contributed by atoms with Gasteiger partial charge >= 0.3 is 0 Å². The molecular weight excluding hydrogens is 372 g/mol. The molecule has 0 saturated heterocycles. The third kappa shape index (κ3) is 4.19. The van der Waals surface area contributed by atoms with Gasteiger partial charge in [-0.3, -0.25) is 9.44 Å². The summed E-state index contributed by atoms with van der Waals surface area (Å²) >= 11 is 0. The van der Waals surface area contributed by atoms with Gasteiger partial charge < -0.3 is 0 Å². The minimum Gasteiger partial charge on any atom is -0.283 e. The Kier molecular flexibility index (Phi) is 5.39. The number of rotatable bonds is 5. The first-order valence-electron chi connectivity index (χ1n) is 8.01. The Balaban J connectivity index is 2.65. The van der Waals surface area contributed by atoms with Gasteiger partial charge in [0.1, 0.15) is 0 Å². The Bertz CT molecular complexity index is 1050. The average Bonchev–Trinajstić information content (AvgIpc) is 2.46. The van der Waals surface area contributed by atoms with Crippen molar-refractivity contribution in [3.8, 4) is 0 Å². The number of para-hydroxylation sites is 1. The molecule has 0 fully saturated rings. The van der Waals surface area contributed by atoms with Gasteiger partial charge in [-0.2, -0.15) is 0 Å². The van der Waals surface area contributed by atoms with E-state index in [1.807, 2.05) is 32.0 Å². The molecule has 0 aliphatic rings. The number of sulfonamides is 2. The largest absolute Gasteiger partial charge is 0.283 e. The highest BCUT2D eigenvalue weighted by Gasteiger charge is 2.25. The maximum atomic E-state index is 13.1. The van der Waals surface area contributed by atoms with Crippen LogP contribution in [-0.4, -0.2) is 23.1 Å². The molecule has 2 N–H and O–H groups in total. The van der Waals surface area contributed by atoms with Gasteiger partial charge in [-0.25, -0.2) is 16.8 Å². The Morgan fingerprint density at radius 3 is 1.77 bits per heavy atom. The van der Waals surface area contributed by atoms with Crippen molar-refractivity contribution in [2.45, 2.75) is 39.5 Å². The molecule has 26 heavy (non-hydrogen) atoms. The molecule has 0 heterocycles. The summed E-state index contributed by atoms with van der Waals surface area (Å²) in [6, 6.07) is 7.19. The molecule has 0 unspecified atom stereocenters. The first kappa shape index (κ1) is 20.3. The summed E-state index contributed by atoms with van der Waals surface area (Å²) < 4.78 is 54.6. The van der Waals surface area contributed by atoms with Gasteiger partial charge in [-0.1, -0.05) is 24.3 Å². The van der Waals surface area contributed by atoms with Crippen LogP contribution in [0.25, 0.3) is 0 Å². The zero-order valence-electron chi connectivity index (χ0n) is 15.8. The predicted octanol–water partition coefficient (Wildman–Crippen LogP) is 3.40. The number of hydrogen-bond donors (Lipinski definition) is 2. The standard InChI is InChI=1S/C18H24N2O4S2/c1-11-8-7-9-12(2)16(11)20-26(23,24)18-14(4)10-13(3)17(15(18)5)19-25(6,21)22/h7-10,19-20H,1-6H3. The molecule has 6 nitrogen and oxygen atoms in total. The monoisotopic (exact) mass is 396 g/mol. The van der Waals surface area contributed by atoms with Gasteiger partial charge in [0.2, 0.25) is 10.0 Å². The molecule has 0 bridgehead atoms. The summed E-state index contributed by atoms with van der Waals surface area (Å²) in [5, 5.41) is 0. The lowest BCUT2D eigenvalue weighted by atomic mass is 10.1. The first-order valence-corrected chi connectivity index (χ1v) is 11.4. The second-order valence-corrected chi connectivity index (χ2v) is 9.95. The SMILES string of the molecule is Cc1cccc(C)c1NS(=O)(=O)c1c(C)cc(C)c(NS(C)(=O)=O)c1C. The molecule has 0 aromatic heterocycles. The molecule has 2 aromatic carbocycles. The van der Waals surface area contributed by atoms with Crippen molar-refractivity contribution in [1.29, 1.82) is 0 Å². The summed E-state index contributed by atoms with van der Waals surface area (Å²) in [4.78, 5) is 0.0805. The van der Waals surface area contributed by atoms with Crippen molar-refractivity contribution in [2.24, 2.45) is 0 Å². The molecule has 0 aliphatic heterocycles. The molecular formula is C18H24N2O4S2. The Morgan fingerprint density at radius 2 is 1.27 bits per heavy atom. The molecule has 0 amide bonds. The number of anilines is 2. The lowest BCUT2D eigenvalue weighted by Gasteiger charge is -2.20. The van der Waals surface area contributed by atoms with E-state index in [0.29, 0.717) is 28.1 Å². The Hall–Kier alpha value is -2.06. The van der Waals surface area contributed by atoms with Crippen LogP contribution in [0.5, 0.6) is 0 Å². The lowest BCUT2D eigenvalue weighted by Crippen LogP contribution is -2.19. The van der Waals surface area contributed by atoms with Crippen molar-refractivity contribution in [2.75, 3.05) is 15.7 Å². The first-order chi connectivity index (χ1) is 11.8. The van der Waals surface area contributed by atoms with Crippen LogP contribution in [0, 0.1) is 34.6 Å². The van der Waals surface area contributed by atoms with Crippen LogP contribution in [0.15, 0.2) is 29.2 Å². The maximum Gasteiger partial charge on any atom is 0.262 e. The van der Waals surface area contributed by atoms with Gasteiger partial charge in [0, 0.05) is 0 Å². The smallest absolute Gasteiger partial charge is 0.262 e. The highest BCUT2D eigenvalue weighted by Crippen LogP contribution is 2.33. The van der Waals surface area contributed by atoms with Crippen molar-refractivity contribution < 1.29 is 16.8 Å². The quantitative estimate of drug-likeness (QED) is 0.810. The van der Waals surface area contributed by atoms with Crippen molar-refractivity contribution >= 4 is 31.4 Å². The summed E-state index contributed by atoms with van der Waals surface area (Å²) in [5.41, 5.74) is 4.03. The minimum atomic E-state index is -3.90. The fraction of sp³-hybridized carbons (Fsp3) is 0.333. The second kappa shape index (κ2) is 6.92. The van der Waals surface area contributed by atoms with E-state index in [2.05, 4.69) is 9.44 Å². The molecule has 2 aromatic rings. The van der Waals surface area contributed by atoms with Crippen LogP contribution in [0.1, 0.15) is 27.8 Å². The van der Waals surface area contributed by atoms with Crippen LogP contribution < -0.4 is 9.44 Å². The van der Waals surface area contributed by atoms with Crippen molar-refractivity contribution in [3.63, 3.8) is 0 Å². The average molecular weight is 397 g/mol. The van der Waals surface area contributed by atoms with E-state index in [4.69, 9.17) is 0 Å². The fourth-order valence-corrected chi connectivity index (χ4v) is 5.45. The minimum absolute atomic E-state index is 0.0805. The topological polar surface area (TPSA) is 92.3 Å². The molecule has 2 rings (SSSR count). The van der Waals surface area contributed by atoms with Crippen LogP contribution in [0.4, 0.5) is 11.4 Å². The van der Waals surface area contributed by atoms with E-state index in [9.17, 15) is 16.8 Å². The van der Waals surface area contributed by atoms with Crippen molar-refractivity contribution in [3.05, 3.63) is 52.1 Å². The Labute approximate surface area is 155 Å². The number of benzene rings is 2. The molecule has 0 saturated carbocycles. The van der Waals surface area contributed by atoms with Gasteiger partial charge in [-0.05, 0) is 62.4 Å². The van der Waals surface area contributed by atoms with E-state index in [1.165, 1.54) is 0 Å². The summed E-state index contributed by atoms with van der Waals surface area (Å²) in [6.45, 7) is 8.70. The highest BCUT2D eigenvalue weighted by molar-refractivity contribution is 7.93. The third-order valence-electron chi connectivity index (χ3n) is 4.17. The van der Waals surface area contributed by atoms with Crippen LogP contribution in [0.2, 0.25) is 0 Å². The molecule has 8 heteroatoms. The van der Waals surface area contributed by atoms with Crippen LogP contribution >= 0.6 is 0 Å². The van der Waals surface area contributed by atoms with E-state index >= 15 is 0 Å². The highest BCUT2D eigenvalue weighted by atomic mass is 32.2. The van der Waals surface area contributed by atoms with Crippen LogP contribution in [0.3, 0.4) is 0 Å². The predicted molar refractivity (Wildman–Crippen MR) is 106 cm³/mol. The Morgan fingerprint density at radius 1 is 0.731 bits per heavy atom. The third-order valence-corrected chi connectivity index (χ3v) is 6.39. The zero-order chi connectivity index (χ0) is 19.9. The van der Waals surface area contributed by atoms with Gasteiger partial charge in [-0.15, -0.1) is 0 Å². The summed E-state index contributed by atoms with van der Waals surface area (Å²) in [6.07, 6.45) is 1.04. The summed E-state index contributed by atoms with van der Waals surface area (Å²) in [7, 11) is -7.43. The maximum absolute atomic E-state index is 13.1. The summed E-state index contributed by atoms with van der Waals surface area (Å²) in [5.74, 6) is 0. The fourth-order valence-electron chi connectivity index (χ4n) is 3.08. The van der Waals surface area contributed by atoms with Crippen molar-refractivity contribution in [1.82, 2.24) is 0 Å². The normalized spacial score (nSPS) is 12.1. The zero-order valence-corrected chi connectivity index (χ0v) is 17.4. The van der Waals surface area contributed by atoms with E-state index in [-0.39, 0.29) is 4.90 Å². The molecule has 0 radical (unpaired) electrons. The lowest BCUT2D eigenvalue weighted by molar-refractivity contribution is 0.599. The number of hydrogen-bond acceptors (Lipinski definition) is 4. The van der Waals surface area contributed by atoms with E-state index in [1.54, 1.807) is 26.8 Å². The second-order valence-electron chi connectivity index (χ2n) is 6.59. The van der Waals surface area contributed by atoms with Gasteiger partial charge in [0.05, 0.1) is 22.5 Å². The van der Waals surface area contributed by atoms with Gasteiger partial charge in [0.15, 0.2) is 0 Å². The van der Waals surface area contributed by atoms with E-state index < -0.39 is 20.0 Å². The molecule has 142 valence electrons. The molecule has 0 aliphatic carbocycles. The van der Waals surface area contributed by atoms with E-state index in [0.717, 1.165) is 17.4 Å². The molecule has 0 spiro atoms.